The van der Waals surface area contributed by atoms with Crippen LogP contribution in [0.3, 0.4) is 0 Å². The number of nitrogens with zero attached hydrogens (tertiary/aromatic N) is 2. The van der Waals surface area contributed by atoms with E-state index in [-0.39, 0.29) is 0 Å². The van der Waals surface area contributed by atoms with Crippen molar-refractivity contribution in [2.24, 2.45) is 0 Å². The van der Waals surface area contributed by atoms with Crippen LogP contribution in [0, 0.1) is 0 Å². The summed E-state index contributed by atoms with van der Waals surface area (Å²) in [5.41, 5.74) is 0. The van der Waals surface area contributed by atoms with Crippen LogP contribution >= 0.6 is 0 Å². The van der Waals surface area contributed by atoms with Gasteiger partial charge < -0.3 is 4.90 Å². The van der Waals surface area contributed by atoms with Crippen molar-refractivity contribution in [3.05, 3.63) is 0 Å². The van der Waals surface area contributed by atoms with E-state index >= 15 is 0 Å². The summed E-state index contributed by atoms with van der Waals surface area (Å²) < 4.78 is 0. The van der Waals surface area contributed by atoms with Gasteiger partial charge in [-0.2, -0.15) is 0 Å². The van der Waals surface area contributed by atoms with Crippen molar-refractivity contribution in [2.45, 2.75) is 39.3 Å². The molecule has 3 nitrogen and oxygen atoms in total. The van der Waals surface area contributed by atoms with Crippen LogP contribution < -0.4 is 0 Å². The van der Waals surface area contributed by atoms with Crippen molar-refractivity contribution in [1.82, 2.24) is 9.80 Å². The van der Waals surface area contributed by atoms with Gasteiger partial charge in [0.15, 0.2) is 0 Å². The Labute approximate surface area is 80.7 Å². The van der Waals surface area contributed by atoms with E-state index in [2.05, 4.69) is 25.7 Å². The zero-order valence-corrected chi connectivity index (χ0v) is 8.86. The molecule has 2 atom stereocenters. The highest BCUT2D eigenvalue weighted by Gasteiger charge is 2.26. The fourth-order valence-electron chi connectivity index (χ4n) is 1.97. The molecule has 0 spiro atoms. The number of carbonyl (C=O) groups excluding carboxylic acids is 1. The quantitative estimate of drug-likeness (QED) is 0.610. The monoisotopic (exact) mass is 184 g/mol. The lowest BCUT2D eigenvalue weighted by atomic mass is 10.1. The third-order valence-electron chi connectivity index (χ3n) is 2.81. The van der Waals surface area contributed by atoms with Crippen LogP contribution in [-0.2, 0) is 4.79 Å². The third kappa shape index (κ3) is 2.44. The molecule has 0 aliphatic carbocycles. The van der Waals surface area contributed by atoms with Crippen molar-refractivity contribution in [3.63, 3.8) is 0 Å². The van der Waals surface area contributed by atoms with Crippen LogP contribution in [0.4, 0.5) is 0 Å². The Bertz CT molecular complexity index is 172. The second-order valence-electron chi connectivity index (χ2n) is 4.00. The minimum absolute atomic E-state index is 0.375. The fraction of sp³-hybridized carbons (Fsp3) is 0.900. The molecule has 3 heteroatoms. The molecular formula is C10H20N2O. The van der Waals surface area contributed by atoms with E-state index in [9.17, 15) is 4.79 Å². The predicted molar refractivity (Wildman–Crippen MR) is 53.6 cm³/mol. The molecule has 0 bridgehead atoms. The largest absolute Gasteiger partial charge is 0.340 e. The van der Waals surface area contributed by atoms with Gasteiger partial charge in [-0.25, -0.2) is 0 Å². The lowest BCUT2D eigenvalue weighted by Gasteiger charge is -2.42. The number of piperazine rings is 1. The van der Waals surface area contributed by atoms with Gasteiger partial charge in [0, 0.05) is 25.2 Å². The molecule has 0 saturated carbocycles. The van der Waals surface area contributed by atoms with E-state index in [0.717, 1.165) is 26.0 Å². The van der Waals surface area contributed by atoms with Crippen LogP contribution in [0.1, 0.15) is 27.2 Å². The van der Waals surface area contributed by atoms with Crippen LogP contribution in [0.25, 0.3) is 0 Å². The van der Waals surface area contributed by atoms with Crippen LogP contribution in [0.5, 0.6) is 0 Å². The van der Waals surface area contributed by atoms with E-state index in [1.165, 1.54) is 6.42 Å². The number of carbonyl (C=O) groups is 1. The summed E-state index contributed by atoms with van der Waals surface area (Å²) in [7, 11) is 0. The van der Waals surface area contributed by atoms with Crippen molar-refractivity contribution < 1.29 is 4.79 Å². The minimum atomic E-state index is 0.375. The molecule has 0 radical (unpaired) electrons. The summed E-state index contributed by atoms with van der Waals surface area (Å²) in [6, 6.07) is 0.890. The van der Waals surface area contributed by atoms with E-state index < -0.39 is 0 Å². The predicted octanol–water partition coefficient (Wildman–Crippen LogP) is 0.947. The Hall–Kier alpha value is -0.570. The van der Waals surface area contributed by atoms with E-state index in [1.807, 2.05) is 4.90 Å². The lowest BCUT2D eigenvalue weighted by molar-refractivity contribution is -0.123. The van der Waals surface area contributed by atoms with Gasteiger partial charge in [0.25, 0.3) is 0 Å². The Morgan fingerprint density at radius 3 is 2.54 bits per heavy atom. The van der Waals surface area contributed by atoms with Gasteiger partial charge in [-0.3, -0.25) is 9.69 Å². The molecule has 1 amide bonds. The first-order chi connectivity index (χ1) is 6.19. The molecule has 1 fully saturated rings. The summed E-state index contributed by atoms with van der Waals surface area (Å²) in [5, 5.41) is 0. The molecule has 0 aromatic carbocycles. The maximum Gasteiger partial charge on any atom is 0.210 e. The molecule has 1 heterocycles. The van der Waals surface area contributed by atoms with Crippen LogP contribution in [0.2, 0.25) is 0 Å². The molecule has 1 rings (SSSR count). The van der Waals surface area contributed by atoms with Crippen molar-refractivity contribution >= 4 is 6.41 Å². The summed E-state index contributed by atoms with van der Waals surface area (Å²) in [5.74, 6) is 0. The van der Waals surface area contributed by atoms with Gasteiger partial charge in [0.2, 0.25) is 6.41 Å². The van der Waals surface area contributed by atoms with Crippen LogP contribution in [-0.4, -0.2) is 47.9 Å². The SMILES string of the molecule is CCCN1CC(C)N(C=O)C[C@H]1C. The number of rotatable bonds is 3. The molecule has 1 unspecified atom stereocenters. The molecule has 1 saturated heterocycles. The van der Waals surface area contributed by atoms with Gasteiger partial charge in [-0.15, -0.1) is 0 Å². The van der Waals surface area contributed by atoms with Gasteiger partial charge >= 0.3 is 0 Å². The van der Waals surface area contributed by atoms with Crippen molar-refractivity contribution in [1.29, 1.82) is 0 Å². The summed E-state index contributed by atoms with van der Waals surface area (Å²) >= 11 is 0. The van der Waals surface area contributed by atoms with Gasteiger partial charge in [0.1, 0.15) is 0 Å². The molecular weight excluding hydrogens is 164 g/mol. The highest BCUT2D eigenvalue weighted by atomic mass is 16.1. The summed E-state index contributed by atoms with van der Waals surface area (Å²) in [4.78, 5) is 15.1. The molecule has 1 aliphatic heterocycles. The first-order valence-electron chi connectivity index (χ1n) is 5.14. The maximum atomic E-state index is 10.7. The summed E-state index contributed by atoms with van der Waals surface area (Å²) in [6.45, 7) is 9.56. The second kappa shape index (κ2) is 4.61. The Balaban J connectivity index is 2.50. The topological polar surface area (TPSA) is 23.6 Å². The van der Waals surface area contributed by atoms with Gasteiger partial charge in [-0.05, 0) is 26.8 Å². The highest BCUT2D eigenvalue weighted by molar-refractivity contribution is 5.48. The van der Waals surface area contributed by atoms with Crippen LogP contribution in [0.15, 0.2) is 0 Å². The molecule has 0 aromatic rings. The second-order valence-corrected chi connectivity index (χ2v) is 4.00. The van der Waals surface area contributed by atoms with E-state index in [1.54, 1.807) is 0 Å². The van der Waals surface area contributed by atoms with Gasteiger partial charge in [0.05, 0.1) is 0 Å². The average Bonchev–Trinajstić information content (AvgIpc) is 2.11. The first kappa shape index (κ1) is 10.5. The zero-order chi connectivity index (χ0) is 9.84. The Kier molecular flexibility index (Phi) is 3.72. The van der Waals surface area contributed by atoms with E-state index in [4.69, 9.17) is 0 Å². The highest BCUT2D eigenvalue weighted by Crippen LogP contribution is 2.13. The third-order valence-corrected chi connectivity index (χ3v) is 2.81. The molecule has 0 N–H and O–H groups in total. The average molecular weight is 184 g/mol. The zero-order valence-electron chi connectivity index (χ0n) is 8.86. The normalized spacial score (nSPS) is 30.5. The smallest absolute Gasteiger partial charge is 0.210 e. The molecule has 13 heavy (non-hydrogen) atoms. The molecule has 76 valence electrons. The van der Waals surface area contributed by atoms with Crippen molar-refractivity contribution in [3.8, 4) is 0 Å². The maximum absolute atomic E-state index is 10.7. The van der Waals surface area contributed by atoms with E-state index in [0.29, 0.717) is 12.1 Å². The number of amides is 1. The lowest BCUT2D eigenvalue weighted by Crippen LogP contribution is -2.55. The Morgan fingerprint density at radius 1 is 1.31 bits per heavy atom. The molecule has 1 aliphatic rings. The van der Waals surface area contributed by atoms with Crippen molar-refractivity contribution in [2.75, 3.05) is 19.6 Å². The number of hydrogen-bond donors (Lipinski definition) is 0. The summed E-state index contributed by atoms with van der Waals surface area (Å²) in [6.07, 6.45) is 2.17. The fourth-order valence-corrected chi connectivity index (χ4v) is 1.97. The first-order valence-corrected chi connectivity index (χ1v) is 5.14. The van der Waals surface area contributed by atoms with Gasteiger partial charge in [-0.1, -0.05) is 6.92 Å². The minimum Gasteiger partial charge on any atom is -0.340 e. The Morgan fingerprint density at radius 2 is 2.00 bits per heavy atom. The standard InChI is InChI=1S/C10H20N2O/c1-4-5-11-6-10(3)12(8-13)7-9(11)2/h8-10H,4-7H2,1-3H3/t9-,10?/m1/s1. The number of hydrogen-bond acceptors (Lipinski definition) is 2. The molecule has 0 aromatic heterocycles.